The largest absolute Gasteiger partial charge is 0.587 e. The number of ether oxygens (including phenoxy) is 1. The number of methoxy groups -OCH3 is 1. The molecule has 1 fully saturated rings. The van der Waals surface area contributed by atoms with Gasteiger partial charge >= 0.3 is 13.8 Å². The highest BCUT2D eigenvalue weighted by Crippen LogP contribution is 2.55. The Balaban J connectivity index is 1.26. The second kappa shape index (κ2) is 10.2. The smallest absolute Gasteiger partial charge is 0.468 e. The van der Waals surface area contributed by atoms with Crippen molar-refractivity contribution in [1.29, 1.82) is 0 Å². The Morgan fingerprint density at radius 3 is 2.32 bits per heavy atom. The molecule has 1 unspecified atom stereocenters. The van der Waals surface area contributed by atoms with Crippen LogP contribution in [-0.4, -0.2) is 48.7 Å². The minimum absolute atomic E-state index is 0.0249. The Hall–Kier alpha value is -3.84. The Morgan fingerprint density at radius 1 is 0.976 bits per heavy atom. The summed E-state index contributed by atoms with van der Waals surface area (Å²) in [5.74, 6) is 0.565. The molecule has 4 aromatic rings. The number of hydrogen-bond acceptors (Lipinski definition) is 7. The zero-order chi connectivity index (χ0) is 28.0. The minimum atomic E-state index is -4.12. The number of para-hydroxylation sites is 3. The molecule has 8 nitrogen and oxygen atoms in total. The number of rotatable bonds is 8. The SMILES string of the molecule is COC(=O)[C@@]12C[C@H]3C=C(COP(=O)(Oc4ccccc4)Oc4ccccc4)[C@@H]1N(CCc1c2[nH]c2ccccc12)C3. The first-order valence-electron chi connectivity index (χ1n) is 13.9. The normalized spacial score (nSPS) is 24.7. The molecular formula is C32H31N2O6P. The predicted octanol–water partition coefficient (Wildman–Crippen LogP) is 6.05. The Labute approximate surface area is 238 Å². The van der Waals surface area contributed by atoms with Gasteiger partial charge in [0, 0.05) is 29.7 Å². The fraction of sp³-hybridized carbons (Fsp3) is 0.281. The highest BCUT2D eigenvalue weighted by Gasteiger charge is 2.61. The van der Waals surface area contributed by atoms with Crippen LogP contribution >= 0.6 is 7.82 Å². The van der Waals surface area contributed by atoms with Gasteiger partial charge in [0.15, 0.2) is 0 Å². The number of carbonyl (C=O) groups excluding carboxylic acids is 1. The van der Waals surface area contributed by atoms with E-state index in [1.807, 2.05) is 30.3 Å². The average molecular weight is 571 g/mol. The molecule has 1 N–H and O–H groups in total. The van der Waals surface area contributed by atoms with Crippen molar-refractivity contribution in [1.82, 2.24) is 9.88 Å². The third-order valence-corrected chi connectivity index (χ3v) is 9.77. The summed E-state index contributed by atoms with van der Waals surface area (Å²) in [5, 5.41) is 1.13. The first kappa shape index (κ1) is 26.1. The molecule has 1 saturated heterocycles. The summed E-state index contributed by atoms with van der Waals surface area (Å²) in [6.45, 7) is 1.60. The first-order chi connectivity index (χ1) is 20.0. The molecule has 9 heteroatoms. The molecule has 3 aliphatic heterocycles. The Morgan fingerprint density at radius 2 is 1.63 bits per heavy atom. The number of benzene rings is 3. The van der Waals surface area contributed by atoms with Gasteiger partial charge in [-0.25, -0.2) is 4.57 Å². The zero-order valence-corrected chi connectivity index (χ0v) is 23.6. The molecule has 3 aromatic carbocycles. The molecule has 4 aliphatic rings. The fourth-order valence-corrected chi connectivity index (χ4v) is 8.18. The molecule has 4 bridgehead atoms. The third kappa shape index (κ3) is 4.47. The topological polar surface area (TPSA) is 90.1 Å². The number of esters is 1. The van der Waals surface area contributed by atoms with Crippen molar-refractivity contribution < 1.29 is 27.7 Å². The van der Waals surface area contributed by atoms with E-state index in [0.29, 0.717) is 17.9 Å². The van der Waals surface area contributed by atoms with Crippen molar-refractivity contribution in [2.24, 2.45) is 5.92 Å². The molecule has 4 atom stereocenters. The lowest BCUT2D eigenvalue weighted by molar-refractivity contribution is -0.154. The van der Waals surface area contributed by atoms with Crippen LogP contribution in [0.25, 0.3) is 10.9 Å². The Bertz CT molecular complexity index is 1620. The molecule has 1 aliphatic carbocycles. The molecule has 0 saturated carbocycles. The van der Waals surface area contributed by atoms with E-state index >= 15 is 0 Å². The number of phosphoric acid groups is 1. The lowest BCUT2D eigenvalue weighted by Crippen LogP contribution is -2.64. The predicted molar refractivity (Wildman–Crippen MR) is 155 cm³/mol. The van der Waals surface area contributed by atoms with Gasteiger partial charge in [-0.05, 0) is 60.2 Å². The van der Waals surface area contributed by atoms with E-state index in [9.17, 15) is 9.36 Å². The van der Waals surface area contributed by atoms with Crippen molar-refractivity contribution in [2.75, 3.05) is 26.8 Å². The lowest BCUT2D eigenvalue weighted by atomic mass is 9.61. The average Bonchev–Trinajstić information content (AvgIpc) is 3.34. The number of fused-ring (bicyclic) bond motifs is 3. The molecule has 1 aromatic heterocycles. The van der Waals surface area contributed by atoms with Crippen LogP contribution in [0.15, 0.2) is 96.6 Å². The second-order valence-electron chi connectivity index (χ2n) is 10.9. The number of carbonyl (C=O) groups is 1. The molecule has 41 heavy (non-hydrogen) atoms. The fourth-order valence-electron chi connectivity index (χ4n) is 6.97. The van der Waals surface area contributed by atoms with Crippen LogP contribution in [0.5, 0.6) is 11.5 Å². The van der Waals surface area contributed by atoms with Crippen LogP contribution in [-0.2, 0) is 30.5 Å². The highest BCUT2D eigenvalue weighted by atomic mass is 31.2. The van der Waals surface area contributed by atoms with E-state index in [1.165, 1.54) is 7.11 Å². The van der Waals surface area contributed by atoms with Crippen molar-refractivity contribution in [3.05, 3.63) is 108 Å². The number of nitrogens with zero attached hydrogens (tertiary/aromatic N) is 1. The molecular weight excluding hydrogens is 539 g/mol. The number of aromatic nitrogens is 1. The number of piperidine rings is 1. The maximum Gasteiger partial charge on any atom is 0.587 e. The van der Waals surface area contributed by atoms with Crippen LogP contribution in [0, 0.1) is 5.92 Å². The van der Waals surface area contributed by atoms with Gasteiger partial charge in [-0.2, -0.15) is 0 Å². The summed E-state index contributed by atoms with van der Waals surface area (Å²) in [6, 6.07) is 25.5. The second-order valence-corrected chi connectivity index (χ2v) is 12.4. The van der Waals surface area contributed by atoms with Gasteiger partial charge in [0.05, 0.1) is 19.8 Å². The van der Waals surface area contributed by atoms with E-state index in [0.717, 1.165) is 47.2 Å². The van der Waals surface area contributed by atoms with Gasteiger partial charge < -0.3 is 18.8 Å². The van der Waals surface area contributed by atoms with E-state index in [1.54, 1.807) is 48.5 Å². The highest BCUT2D eigenvalue weighted by molar-refractivity contribution is 7.49. The molecule has 4 heterocycles. The van der Waals surface area contributed by atoms with Crippen molar-refractivity contribution >= 4 is 24.7 Å². The summed E-state index contributed by atoms with van der Waals surface area (Å²) in [4.78, 5) is 19.8. The van der Waals surface area contributed by atoms with Gasteiger partial charge in [-0.15, -0.1) is 0 Å². The standard InChI is InChI=1S/C32H31N2O6P/c1-37-31(35)32-19-22-18-23(30(32)34(20-22)17-16-27-26-14-8-9-15-28(26)33-29(27)32)21-38-41(36,39-24-10-4-2-5-11-24)40-25-12-6-3-7-13-25/h2-15,18,22,30,33H,16-17,19-21H2,1H3/t22-,30+,32-/m1/s1. The van der Waals surface area contributed by atoms with Crippen LogP contribution in [0.1, 0.15) is 17.7 Å². The van der Waals surface area contributed by atoms with Gasteiger partial charge in [0.25, 0.3) is 0 Å². The molecule has 8 rings (SSSR count). The van der Waals surface area contributed by atoms with Crippen molar-refractivity contribution in [3.8, 4) is 11.5 Å². The van der Waals surface area contributed by atoms with E-state index < -0.39 is 13.2 Å². The van der Waals surface area contributed by atoms with Gasteiger partial charge in [-0.1, -0.05) is 60.7 Å². The van der Waals surface area contributed by atoms with Crippen LogP contribution < -0.4 is 9.05 Å². The number of aromatic amines is 1. The summed E-state index contributed by atoms with van der Waals surface area (Å²) < 4.78 is 37.4. The maximum absolute atomic E-state index is 14.1. The molecule has 0 radical (unpaired) electrons. The maximum atomic E-state index is 14.1. The van der Waals surface area contributed by atoms with Crippen LogP contribution in [0.4, 0.5) is 0 Å². The van der Waals surface area contributed by atoms with Crippen molar-refractivity contribution in [2.45, 2.75) is 24.3 Å². The number of nitrogens with one attached hydrogen (secondary N) is 1. The zero-order valence-electron chi connectivity index (χ0n) is 22.7. The minimum Gasteiger partial charge on any atom is -0.468 e. The van der Waals surface area contributed by atoms with E-state index in [4.69, 9.17) is 18.3 Å². The number of phosphoric ester groups is 1. The molecule has 0 amide bonds. The summed E-state index contributed by atoms with van der Waals surface area (Å²) in [7, 11) is -2.67. The number of H-pyrrole nitrogens is 1. The van der Waals surface area contributed by atoms with E-state index in [2.05, 4.69) is 22.0 Å². The lowest BCUT2D eigenvalue weighted by Gasteiger charge is -2.53. The first-order valence-corrected chi connectivity index (χ1v) is 15.3. The third-order valence-electron chi connectivity index (χ3n) is 8.45. The van der Waals surface area contributed by atoms with Crippen LogP contribution in [0.2, 0.25) is 0 Å². The summed E-state index contributed by atoms with van der Waals surface area (Å²) in [5.41, 5.74) is 3.01. The van der Waals surface area contributed by atoms with Gasteiger partial charge in [-0.3, -0.25) is 14.2 Å². The Kier molecular flexibility index (Phi) is 6.50. The summed E-state index contributed by atoms with van der Waals surface area (Å²) in [6.07, 6.45) is 3.61. The quantitative estimate of drug-likeness (QED) is 0.157. The molecule has 210 valence electrons. The van der Waals surface area contributed by atoms with Crippen LogP contribution in [0.3, 0.4) is 0 Å². The molecule has 0 spiro atoms. The summed E-state index contributed by atoms with van der Waals surface area (Å²) >= 11 is 0. The van der Waals surface area contributed by atoms with Gasteiger partial charge in [0.1, 0.15) is 16.9 Å². The van der Waals surface area contributed by atoms with E-state index in [-0.39, 0.29) is 24.5 Å². The van der Waals surface area contributed by atoms with Gasteiger partial charge in [0.2, 0.25) is 0 Å². The van der Waals surface area contributed by atoms with Crippen molar-refractivity contribution in [3.63, 3.8) is 0 Å². The number of hydrogen-bond donors (Lipinski definition) is 1. The monoisotopic (exact) mass is 570 g/mol.